The SMILES string of the molecule is CCCCn1c(SC(C)C(=O)Nc2cccc(OC)c2)nnc1-c1ccc(OC)cc1. The third-order valence-corrected chi connectivity index (χ3v) is 5.87. The molecule has 1 aromatic heterocycles. The Hall–Kier alpha value is -3.00. The molecule has 0 saturated carbocycles. The quantitative estimate of drug-likeness (QED) is 0.453. The summed E-state index contributed by atoms with van der Waals surface area (Å²) in [5.74, 6) is 2.18. The van der Waals surface area contributed by atoms with Crippen LogP contribution < -0.4 is 14.8 Å². The number of carbonyl (C=O) groups excluding carboxylic acids is 1. The number of benzene rings is 2. The molecule has 1 atom stereocenters. The van der Waals surface area contributed by atoms with Gasteiger partial charge in [0.05, 0.1) is 19.5 Å². The fourth-order valence-corrected chi connectivity index (χ4v) is 3.88. The van der Waals surface area contributed by atoms with Crippen LogP contribution in [0, 0.1) is 0 Å². The number of nitrogens with one attached hydrogen (secondary N) is 1. The summed E-state index contributed by atoms with van der Waals surface area (Å²) < 4.78 is 12.6. The average Bonchev–Trinajstić information content (AvgIpc) is 3.19. The first-order valence-corrected chi connectivity index (χ1v) is 11.1. The summed E-state index contributed by atoms with van der Waals surface area (Å²) in [5, 5.41) is 12.1. The van der Waals surface area contributed by atoms with Crippen LogP contribution in [0.25, 0.3) is 11.4 Å². The van der Waals surface area contributed by atoms with Crippen molar-refractivity contribution in [2.24, 2.45) is 0 Å². The average molecular weight is 441 g/mol. The molecule has 3 aromatic rings. The van der Waals surface area contributed by atoms with Crippen molar-refractivity contribution in [1.82, 2.24) is 14.8 Å². The third kappa shape index (κ3) is 5.79. The Bertz CT molecular complexity index is 1000. The number of ether oxygens (including phenoxy) is 2. The Morgan fingerprint density at radius 3 is 2.52 bits per heavy atom. The third-order valence-electron chi connectivity index (χ3n) is 4.79. The number of hydrogen-bond acceptors (Lipinski definition) is 6. The molecule has 3 rings (SSSR count). The van der Waals surface area contributed by atoms with Crippen LogP contribution in [-0.4, -0.2) is 40.1 Å². The first-order valence-electron chi connectivity index (χ1n) is 10.2. The molecule has 1 N–H and O–H groups in total. The van der Waals surface area contributed by atoms with Gasteiger partial charge in [0.15, 0.2) is 11.0 Å². The van der Waals surface area contributed by atoms with Crippen LogP contribution in [0.5, 0.6) is 11.5 Å². The van der Waals surface area contributed by atoms with Crippen molar-refractivity contribution in [3.63, 3.8) is 0 Å². The number of nitrogens with zero attached hydrogens (tertiary/aromatic N) is 3. The van der Waals surface area contributed by atoms with Crippen LogP contribution in [-0.2, 0) is 11.3 Å². The van der Waals surface area contributed by atoms with Crippen LogP contribution in [0.4, 0.5) is 5.69 Å². The number of aromatic nitrogens is 3. The van der Waals surface area contributed by atoms with Crippen molar-refractivity contribution in [3.05, 3.63) is 48.5 Å². The molecule has 0 aliphatic rings. The normalized spacial score (nSPS) is 11.7. The predicted molar refractivity (Wildman–Crippen MR) is 124 cm³/mol. The second-order valence-electron chi connectivity index (χ2n) is 7.02. The minimum absolute atomic E-state index is 0.103. The molecule has 0 bridgehead atoms. The molecule has 7 nitrogen and oxygen atoms in total. The van der Waals surface area contributed by atoms with Crippen molar-refractivity contribution in [3.8, 4) is 22.9 Å². The Morgan fingerprint density at radius 2 is 1.84 bits per heavy atom. The molecule has 0 aliphatic heterocycles. The molecule has 0 radical (unpaired) electrons. The minimum Gasteiger partial charge on any atom is -0.497 e. The van der Waals surface area contributed by atoms with Gasteiger partial charge in [0.2, 0.25) is 5.91 Å². The van der Waals surface area contributed by atoms with Gasteiger partial charge in [0, 0.05) is 23.9 Å². The number of thioether (sulfide) groups is 1. The van der Waals surface area contributed by atoms with E-state index in [1.165, 1.54) is 11.8 Å². The maximum Gasteiger partial charge on any atom is 0.237 e. The summed E-state index contributed by atoms with van der Waals surface area (Å²) in [6, 6.07) is 15.1. The van der Waals surface area contributed by atoms with Gasteiger partial charge in [-0.1, -0.05) is 31.2 Å². The predicted octanol–water partition coefficient (Wildman–Crippen LogP) is 4.88. The van der Waals surface area contributed by atoms with Gasteiger partial charge in [-0.05, 0) is 49.7 Å². The molecule has 164 valence electrons. The van der Waals surface area contributed by atoms with Crippen molar-refractivity contribution in [2.45, 2.75) is 43.6 Å². The summed E-state index contributed by atoms with van der Waals surface area (Å²) >= 11 is 1.40. The summed E-state index contributed by atoms with van der Waals surface area (Å²) in [5.41, 5.74) is 1.66. The summed E-state index contributed by atoms with van der Waals surface area (Å²) in [6.45, 7) is 4.80. The number of anilines is 1. The first-order chi connectivity index (χ1) is 15.0. The maximum atomic E-state index is 12.7. The smallest absolute Gasteiger partial charge is 0.237 e. The Labute approximate surface area is 187 Å². The van der Waals surface area contributed by atoms with Crippen molar-refractivity contribution < 1.29 is 14.3 Å². The van der Waals surface area contributed by atoms with E-state index in [-0.39, 0.29) is 11.2 Å². The zero-order chi connectivity index (χ0) is 22.2. The fourth-order valence-electron chi connectivity index (χ4n) is 3.00. The van der Waals surface area contributed by atoms with E-state index < -0.39 is 0 Å². The Balaban J connectivity index is 1.77. The molecule has 0 saturated heterocycles. The maximum absolute atomic E-state index is 12.7. The van der Waals surface area contributed by atoms with E-state index in [4.69, 9.17) is 9.47 Å². The van der Waals surface area contributed by atoms with E-state index in [9.17, 15) is 4.79 Å². The second kappa shape index (κ2) is 10.9. The lowest BCUT2D eigenvalue weighted by Crippen LogP contribution is -2.23. The van der Waals surface area contributed by atoms with Gasteiger partial charge in [0.25, 0.3) is 0 Å². The van der Waals surface area contributed by atoms with Crippen molar-refractivity contribution >= 4 is 23.4 Å². The van der Waals surface area contributed by atoms with Crippen LogP contribution in [0.3, 0.4) is 0 Å². The lowest BCUT2D eigenvalue weighted by atomic mass is 10.2. The van der Waals surface area contributed by atoms with Gasteiger partial charge in [-0.3, -0.25) is 4.79 Å². The molecule has 1 amide bonds. The summed E-state index contributed by atoms with van der Waals surface area (Å²) in [4.78, 5) is 12.7. The van der Waals surface area contributed by atoms with E-state index in [2.05, 4.69) is 27.0 Å². The summed E-state index contributed by atoms with van der Waals surface area (Å²) in [6.07, 6.45) is 2.05. The number of methoxy groups -OCH3 is 2. The first kappa shape index (κ1) is 22.7. The highest BCUT2D eigenvalue weighted by Crippen LogP contribution is 2.29. The van der Waals surface area contributed by atoms with Gasteiger partial charge >= 0.3 is 0 Å². The number of carbonyl (C=O) groups is 1. The molecule has 1 heterocycles. The molecule has 0 fully saturated rings. The van der Waals surface area contributed by atoms with Gasteiger partial charge in [-0.15, -0.1) is 10.2 Å². The van der Waals surface area contributed by atoms with Crippen LogP contribution in [0.15, 0.2) is 53.7 Å². The van der Waals surface area contributed by atoms with Gasteiger partial charge in [-0.2, -0.15) is 0 Å². The zero-order valence-electron chi connectivity index (χ0n) is 18.3. The molecule has 8 heteroatoms. The largest absolute Gasteiger partial charge is 0.497 e. The minimum atomic E-state index is -0.348. The van der Waals surface area contributed by atoms with E-state index in [0.717, 1.165) is 41.7 Å². The lowest BCUT2D eigenvalue weighted by Gasteiger charge is -2.14. The summed E-state index contributed by atoms with van der Waals surface area (Å²) in [7, 11) is 3.24. The van der Waals surface area contributed by atoms with Crippen LogP contribution in [0.2, 0.25) is 0 Å². The fraction of sp³-hybridized carbons (Fsp3) is 0.348. The lowest BCUT2D eigenvalue weighted by molar-refractivity contribution is -0.115. The number of rotatable bonds is 10. The molecule has 31 heavy (non-hydrogen) atoms. The van der Waals surface area contributed by atoms with Gasteiger partial charge < -0.3 is 19.4 Å². The second-order valence-corrected chi connectivity index (χ2v) is 8.33. The van der Waals surface area contributed by atoms with Crippen LogP contribution >= 0.6 is 11.8 Å². The molecule has 2 aromatic carbocycles. The zero-order valence-corrected chi connectivity index (χ0v) is 19.1. The Kier molecular flexibility index (Phi) is 7.94. The van der Waals surface area contributed by atoms with Gasteiger partial charge in [0.1, 0.15) is 11.5 Å². The van der Waals surface area contributed by atoms with Gasteiger partial charge in [-0.25, -0.2) is 0 Å². The molecular formula is C23H28N4O3S. The number of hydrogen-bond donors (Lipinski definition) is 1. The molecule has 0 spiro atoms. The van der Waals surface area contributed by atoms with E-state index in [0.29, 0.717) is 11.4 Å². The van der Waals surface area contributed by atoms with Crippen molar-refractivity contribution in [2.75, 3.05) is 19.5 Å². The number of unbranched alkanes of at least 4 members (excludes halogenated alkanes) is 1. The highest BCUT2D eigenvalue weighted by molar-refractivity contribution is 8.00. The van der Waals surface area contributed by atoms with E-state index >= 15 is 0 Å². The molecule has 0 aliphatic carbocycles. The van der Waals surface area contributed by atoms with Crippen LogP contribution in [0.1, 0.15) is 26.7 Å². The monoisotopic (exact) mass is 440 g/mol. The standard InChI is InChI=1S/C23H28N4O3S/c1-5-6-14-27-21(17-10-12-19(29-3)13-11-17)25-26-23(27)31-16(2)22(28)24-18-8-7-9-20(15-18)30-4/h7-13,15-16H,5-6,14H2,1-4H3,(H,24,28). The van der Waals surface area contributed by atoms with E-state index in [1.807, 2.05) is 49.4 Å². The van der Waals surface area contributed by atoms with E-state index in [1.54, 1.807) is 20.3 Å². The topological polar surface area (TPSA) is 78.3 Å². The Morgan fingerprint density at radius 1 is 1.10 bits per heavy atom. The molecular weight excluding hydrogens is 412 g/mol. The molecule has 1 unspecified atom stereocenters. The van der Waals surface area contributed by atoms with Crippen molar-refractivity contribution in [1.29, 1.82) is 0 Å². The highest BCUT2D eigenvalue weighted by atomic mass is 32.2. The number of amides is 1. The highest BCUT2D eigenvalue weighted by Gasteiger charge is 2.21.